The van der Waals surface area contributed by atoms with Gasteiger partial charge in [0, 0.05) is 62.2 Å². The van der Waals surface area contributed by atoms with E-state index in [4.69, 9.17) is 4.74 Å². The van der Waals surface area contributed by atoms with Gasteiger partial charge in [0.2, 0.25) is 5.91 Å². The summed E-state index contributed by atoms with van der Waals surface area (Å²) in [7, 11) is 0. The van der Waals surface area contributed by atoms with Crippen LogP contribution in [0.2, 0.25) is 0 Å². The van der Waals surface area contributed by atoms with E-state index < -0.39 is 11.3 Å². The molecule has 0 radical (unpaired) electrons. The van der Waals surface area contributed by atoms with Gasteiger partial charge in [-0.2, -0.15) is 13.9 Å². The van der Waals surface area contributed by atoms with Crippen LogP contribution in [0.15, 0.2) is 6.07 Å². The zero-order valence-electron chi connectivity index (χ0n) is 22.6. The van der Waals surface area contributed by atoms with Gasteiger partial charge in [0.25, 0.3) is 5.92 Å². The number of carbonyl (C=O) groups is 1. The monoisotopic (exact) mass is 508 g/mol. The predicted octanol–water partition coefficient (Wildman–Crippen LogP) is 2.76. The van der Waals surface area contributed by atoms with E-state index in [-0.39, 0.29) is 36.7 Å². The highest BCUT2D eigenvalue weighted by molar-refractivity contribution is 5.97. The summed E-state index contributed by atoms with van der Waals surface area (Å²) in [6.07, 6.45) is 0.0411. The van der Waals surface area contributed by atoms with Crippen LogP contribution in [0.5, 0.6) is 0 Å². The molecular weight excluding hydrogens is 466 g/mol. The van der Waals surface area contributed by atoms with Crippen LogP contribution in [-0.4, -0.2) is 96.0 Å². The van der Waals surface area contributed by atoms with Gasteiger partial charge in [-0.3, -0.25) is 14.6 Å². The number of amides is 1. The molecule has 10 heteroatoms. The van der Waals surface area contributed by atoms with Crippen molar-refractivity contribution in [2.24, 2.45) is 0 Å². The molecule has 36 heavy (non-hydrogen) atoms. The number of piperazine rings is 1. The summed E-state index contributed by atoms with van der Waals surface area (Å²) in [6.45, 7) is 16.6. The average molecular weight is 509 g/mol. The molecule has 4 heterocycles. The largest absolute Gasteiger partial charge is 0.378 e. The normalized spacial score (nSPS) is 29.4. The first kappa shape index (κ1) is 27.3. The molecular formula is C26H42F2N6O2. The number of halogens is 2. The van der Waals surface area contributed by atoms with Gasteiger partial charge in [-0.05, 0) is 26.8 Å². The van der Waals surface area contributed by atoms with E-state index >= 15 is 0 Å². The van der Waals surface area contributed by atoms with Crippen LogP contribution in [0.1, 0.15) is 65.8 Å². The summed E-state index contributed by atoms with van der Waals surface area (Å²) in [5.74, 6) is -3.15. The highest BCUT2D eigenvalue weighted by atomic mass is 19.3. The number of hydrogen-bond acceptors (Lipinski definition) is 7. The molecule has 3 aliphatic heterocycles. The lowest BCUT2D eigenvalue weighted by Gasteiger charge is -2.46. The predicted molar refractivity (Wildman–Crippen MR) is 135 cm³/mol. The molecule has 1 amide bonds. The summed E-state index contributed by atoms with van der Waals surface area (Å²) in [4.78, 5) is 20.1. The Morgan fingerprint density at radius 1 is 1.22 bits per heavy atom. The van der Waals surface area contributed by atoms with E-state index in [9.17, 15) is 13.6 Å². The lowest BCUT2D eigenvalue weighted by molar-refractivity contribution is -0.121. The number of nitrogens with one attached hydrogen (secondary N) is 1. The highest BCUT2D eigenvalue weighted by Crippen LogP contribution is 2.42. The molecule has 3 aliphatic rings. The second-order valence-corrected chi connectivity index (χ2v) is 11.6. The average Bonchev–Trinajstić information content (AvgIpc) is 3.08. The van der Waals surface area contributed by atoms with Gasteiger partial charge in [-0.25, -0.2) is 0 Å². The van der Waals surface area contributed by atoms with Crippen molar-refractivity contribution in [3.63, 3.8) is 0 Å². The molecule has 0 aromatic carbocycles. The highest BCUT2D eigenvalue weighted by Gasteiger charge is 2.43. The number of fused-ring (bicyclic) bond motifs is 1. The molecule has 4 unspecified atom stereocenters. The number of alkyl halides is 2. The fraction of sp³-hybridized carbons (Fsp3) is 0.808. The minimum atomic E-state index is -3.07. The van der Waals surface area contributed by atoms with Gasteiger partial charge in [-0.15, -0.1) is 5.10 Å². The number of hydrogen-bond donors (Lipinski definition) is 1. The summed E-state index contributed by atoms with van der Waals surface area (Å²) in [6, 6.07) is 2.46. The zero-order chi connectivity index (χ0) is 26.3. The van der Waals surface area contributed by atoms with E-state index in [0.717, 1.165) is 19.6 Å². The van der Waals surface area contributed by atoms with Gasteiger partial charge in [0.15, 0.2) is 0 Å². The fourth-order valence-electron chi connectivity index (χ4n) is 5.77. The summed E-state index contributed by atoms with van der Waals surface area (Å²) >= 11 is 0. The zero-order valence-corrected chi connectivity index (χ0v) is 22.6. The Hall–Kier alpha value is -1.75. The molecule has 0 saturated carbocycles. The Morgan fingerprint density at radius 3 is 2.58 bits per heavy atom. The van der Waals surface area contributed by atoms with Crippen molar-refractivity contribution in [2.75, 3.05) is 50.8 Å². The molecule has 8 nitrogen and oxygen atoms in total. The van der Waals surface area contributed by atoms with Crippen molar-refractivity contribution in [3.8, 4) is 0 Å². The van der Waals surface area contributed by atoms with Gasteiger partial charge >= 0.3 is 0 Å². The SMILES string of the molecule is CCCC(F)(F)c1cc2c(nn1)C(C)(C)CN2C(=O)CN1CC(C)NCC1CN1C(C)COCC1C. The maximum Gasteiger partial charge on any atom is 0.291 e. The summed E-state index contributed by atoms with van der Waals surface area (Å²) in [5, 5.41) is 11.6. The lowest BCUT2D eigenvalue weighted by atomic mass is 9.91. The minimum Gasteiger partial charge on any atom is -0.378 e. The third kappa shape index (κ3) is 5.56. The Balaban J connectivity index is 1.54. The molecule has 0 bridgehead atoms. The molecule has 4 atom stereocenters. The van der Waals surface area contributed by atoms with Crippen molar-refractivity contribution in [1.29, 1.82) is 0 Å². The summed E-state index contributed by atoms with van der Waals surface area (Å²) < 4.78 is 35.0. The van der Waals surface area contributed by atoms with Crippen molar-refractivity contribution < 1.29 is 18.3 Å². The molecule has 1 aromatic rings. The first-order valence-electron chi connectivity index (χ1n) is 13.3. The van der Waals surface area contributed by atoms with E-state index in [1.165, 1.54) is 6.07 Å². The molecule has 0 aliphatic carbocycles. The number of rotatable bonds is 7. The molecule has 2 fully saturated rings. The van der Waals surface area contributed by atoms with Gasteiger partial charge in [0.1, 0.15) is 5.69 Å². The van der Waals surface area contributed by atoms with Crippen molar-refractivity contribution in [2.45, 2.75) is 89.9 Å². The molecule has 4 rings (SSSR count). The maximum atomic E-state index is 14.7. The van der Waals surface area contributed by atoms with Gasteiger partial charge in [0.05, 0.1) is 31.1 Å². The lowest BCUT2D eigenvalue weighted by Crippen LogP contribution is -2.63. The number of ether oxygens (including phenoxy) is 1. The van der Waals surface area contributed by atoms with Crippen molar-refractivity contribution in [3.05, 3.63) is 17.5 Å². The van der Waals surface area contributed by atoms with E-state index in [0.29, 0.717) is 49.6 Å². The maximum absolute atomic E-state index is 14.7. The second-order valence-electron chi connectivity index (χ2n) is 11.6. The number of anilines is 1. The van der Waals surface area contributed by atoms with Gasteiger partial charge < -0.3 is 15.0 Å². The number of nitrogens with zero attached hydrogens (tertiary/aromatic N) is 5. The minimum absolute atomic E-state index is 0.0817. The third-order valence-electron chi connectivity index (χ3n) is 7.84. The number of aromatic nitrogens is 2. The summed E-state index contributed by atoms with van der Waals surface area (Å²) in [5.41, 5.74) is 0.266. The molecule has 2 saturated heterocycles. The second kappa shape index (κ2) is 10.6. The van der Waals surface area contributed by atoms with Crippen LogP contribution in [0.3, 0.4) is 0 Å². The van der Waals surface area contributed by atoms with Crippen LogP contribution in [0.25, 0.3) is 0 Å². The smallest absolute Gasteiger partial charge is 0.291 e. The quantitative estimate of drug-likeness (QED) is 0.607. The third-order valence-corrected chi connectivity index (χ3v) is 7.84. The van der Waals surface area contributed by atoms with Crippen LogP contribution in [0.4, 0.5) is 14.5 Å². The van der Waals surface area contributed by atoms with Crippen molar-refractivity contribution in [1.82, 2.24) is 25.3 Å². The first-order chi connectivity index (χ1) is 16.9. The van der Waals surface area contributed by atoms with E-state index in [2.05, 4.69) is 46.1 Å². The molecule has 202 valence electrons. The van der Waals surface area contributed by atoms with Crippen LogP contribution >= 0.6 is 0 Å². The fourth-order valence-corrected chi connectivity index (χ4v) is 5.77. The Kier molecular flexibility index (Phi) is 8.00. The van der Waals surface area contributed by atoms with Crippen LogP contribution in [0, 0.1) is 0 Å². The standard InChI is InChI=1S/C26H42F2N6O2/c1-7-8-26(27,28)22-9-21-24(31-30-22)25(5,6)16-34(21)23(35)13-32-11-17(2)29-10-20(32)12-33-18(3)14-36-15-19(33)4/h9,17-20,29H,7-8,10-16H2,1-6H3. The number of morpholine rings is 1. The molecule has 1 aromatic heterocycles. The van der Waals surface area contributed by atoms with E-state index in [1.807, 2.05) is 13.8 Å². The van der Waals surface area contributed by atoms with Gasteiger partial charge in [-0.1, -0.05) is 27.2 Å². The van der Waals surface area contributed by atoms with Crippen LogP contribution in [-0.2, 0) is 20.9 Å². The Bertz CT molecular complexity index is 935. The topological polar surface area (TPSA) is 73.8 Å². The first-order valence-corrected chi connectivity index (χ1v) is 13.3. The van der Waals surface area contributed by atoms with E-state index in [1.54, 1.807) is 11.8 Å². The van der Waals surface area contributed by atoms with Crippen molar-refractivity contribution >= 4 is 11.6 Å². The number of carbonyl (C=O) groups excluding carboxylic acids is 1. The molecule has 0 spiro atoms. The Labute approximate surface area is 213 Å². The molecule has 1 N–H and O–H groups in total. The Morgan fingerprint density at radius 2 is 1.92 bits per heavy atom. The van der Waals surface area contributed by atoms with Crippen LogP contribution < -0.4 is 10.2 Å².